The van der Waals surface area contributed by atoms with Crippen molar-refractivity contribution in [2.75, 3.05) is 19.6 Å². The van der Waals surface area contributed by atoms with Crippen LogP contribution in [-0.4, -0.2) is 35.7 Å². The molecule has 2 aliphatic rings. The van der Waals surface area contributed by atoms with Gasteiger partial charge in [-0.1, -0.05) is 18.2 Å². The van der Waals surface area contributed by atoms with Crippen molar-refractivity contribution >= 4 is 0 Å². The molecule has 2 unspecified atom stereocenters. The number of nitrogens with zero attached hydrogens (tertiary/aromatic N) is 3. The Balaban J connectivity index is 1.63. The number of nitrogens with one attached hydrogen (secondary N) is 2. The summed E-state index contributed by atoms with van der Waals surface area (Å²) < 4.78 is 29.7. The fourth-order valence-electron chi connectivity index (χ4n) is 3.70. The first kappa shape index (κ1) is 19.2. The summed E-state index contributed by atoms with van der Waals surface area (Å²) in [5.41, 5.74) is 1.26. The van der Waals surface area contributed by atoms with Crippen molar-refractivity contribution < 1.29 is 8.78 Å². The maximum atomic E-state index is 15.4. The molecule has 1 saturated heterocycles. The summed E-state index contributed by atoms with van der Waals surface area (Å²) in [6.07, 6.45) is 9.32. The zero-order valence-electron chi connectivity index (χ0n) is 15.8. The lowest BCUT2D eigenvalue weighted by Gasteiger charge is -2.39. The van der Waals surface area contributed by atoms with Crippen molar-refractivity contribution in [2.24, 2.45) is 0 Å². The molecular formula is C22H21F2N5. The number of hydrogen-bond donors (Lipinski definition) is 2. The lowest BCUT2D eigenvalue weighted by molar-refractivity contribution is 0.171. The quantitative estimate of drug-likeness (QED) is 0.836. The molecule has 2 N–H and O–H groups in total. The van der Waals surface area contributed by atoms with Crippen LogP contribution >= 0.6 is 0 Å². The number of aromatic nitrogens is 1. The van der Waals surface area contributed by atoms with Gasteiger partial charge in [-0.05, 0) is 35.4 Å². The lowest BCUT2D eigenvalue weighted by atomic mass is 9.99. The van der Waals surface area contributed by atoms with Crippen LogP contribution in [0.4, 0.5) is 8.78 Å². The molecule has 7 heteroatoms. The van der Waals surface area contributed by atoms with Crippen LogP contribution in [0.1, 0.15) is 28.4 Å². The molecule has 0 aliphatic carbocycles. The third kappa shape index (κ3) is 4.04. The lowest BCUT2D eigenvalue weighted by Crippen LogP contribution is -2.56. The fourth-order valence-corrected chi connectivity index (χ4v) is 3.70. The summed E-state index contributed by atoms with van der Waals surface area (Å²) in [7, 11) is 0. The molecule has 4 rings (SSSR count). The molecule has 0 bridgehead atoms. The van der Waals surface area contributed by atoms with E-state index < -0.39 is 11.6 Å². The van der Waals surface area contributed by atoms with Gasteiger partial charge in [-0.2, -0.15) is 5.26 Å². The summed E-state index contributed by atoms with van der Waals surface area (Å²) in [6.45, 7) is 2.47. The molecular weight excluding hydrogens is 372 g/mol. The van der Waals surface area contributed by atoms with Crippen molar-refractivity contribution in [1.29, 1.82) is 5.26 Å². The molecule has 2 aromatic rings. The fraction of sp³-hybridized carbons (Fsp3) is 0.273. The van der Waals surface area contributed by atoms with Crippen LogP contribution in [0.5, 0.6) is 0 Å². The molecule has 148 valence electrons. The number of halogens is 2. The smallest absolute Gasteiger partial charge is 0.150 e. The average molecular weight is 393 g/mol. The van der Waals surface area contributed by atoms with E-state index in [0.29, 0.717) is 16.8 Å². The van der Waals surface area contributed by atoms with Crippen LogP contribution in [0.25, 0.3) is 0 Å². The minimum atomic E-state index is -0.513. The summed E-state index contributed by atoms with van der Waals surface area (Å²) in [6, 6.07) is 7.36. The minimum absolute atomic E-state index is 0.0239. The van der Waals surface area contributed by atoms with Gasteiger partial charge >= 0.3 is 0 Å². The van der Waals surface area contributed by atoms with Gasteiger partial charge in [-0.3, -0.25) is 10.3 Å². The van der Waals surface area contributed by atoms with Crippen LogP contribution in [0.3, 0.4) is 0 Å². The number of rotatable bonds is 4. The highest BCUT2D eigenvalue weighted by Crippen LogP contribution is 2.29. The van der Waals surface area contributed by atoms with Crippen LogP contribution in [0, 0.1) is 23.0 Å². The Labute approximate surface area is 168 Å². The summed E-state index contributed by atoms with van der Waals surface area (Å²) in [5.74, 6) is -0.948. The molecule has 1 aromatic heterocycles. The van der Waals surface area contributed by atoms with Crippen LogP contribution in [0.2, 0.25) is 0 Å². The van der Waals surface area contributed by atoms with Gasteiger partial charge in [-0.25, -0.2) is 8.78 Å². The first-order valence-electron chi connectivity index (χ1n) is 9.55. The summed E-state index contributed by atoms with van der Waals surface area (Å²) in [5, 5.41) is 15.7. The number of pyridine rings is 1. The third-order valence-electron chi connectivity index (χ3n) is 5.20. The van der Waals surface area contributed by atoms with Crippen LogP contribution < -0.4 is 10.6 Å². The molecule has 1 aromatic carbocycles. The number of nitriles is 1. The zero-order chi connectivity index (χ0) is 20.2. The second-order valence-corrected chi connectivity index (χ2v) is 7.06. The normalized spacial score (nSPS) is 21.2. The number of hydrogen-bond acceptors (Lipinski definition) is 5. The van der Waals surface area contributed by atoms with Gasteiger partial charge < -0.3 is 10.2 Å². The molecule has 5 nitrogen and oxygen atoms in total. The third-order valence-corrected chi connectivity index (χ3v) is 5.20. The maximum absolute atomic E-state index is 15.4. The molecule has 29 heavy (non-hydrogen) atoms. The molecule has 2 aliphatic heterocycles. The monoisotopic (exact) mass is 393 g/mol. The highest BCUT2D eigenvalue weighted by atomic mass is 19.1. The van der Waals surface area contributed by atoms with Gasteiger partial charge in [0.15, 0.2) is 5.82 Å². The average Bonchev–Trinajstić information content (AvgIpc) is 2.77. The maximum Gasteiger partial charge on any atom is 0.150 e. The van der Waals surface area contributed by atoms with Gasteiger partial charge in [0, 0.05) is 38.5 Å². The Morgan fingerprint density at radius 3 is 2.83 bits per heavy atom. The number of piperazine rings is 1. The first-order valence-corrected chi connectivity index (χ1v) is 9.55. The molecule has 1 fully saturated rings. The summed E-state index contributed by atoms with van der Waals surface area (Å²) >= 11 is 0. The van der Waals surface area contributed by atoms with Gasteiger partial charge in [-0.15, -0.1) is 0 Å². The van der Waals surface area contributed by atoms with Crippen molar-refractivity contribution in [3.05, 3.63) is 88.9 Å². The molecule has 0 saturated carbocycles. The Kier molecular flexibility index (Phi) is 5.65. The molecule has 3 heterocycles. The van der Waals surface area contributed by atoms with E-state index in [1.807, 2.05) is 35.4 Å². The standard InChI is InChI=1S/C22H21F2N5/c23-18-11-15(13-25)4-5-16(18)12-17-6-7-28-22(21(17)24)19-3-1-2-10-29(19)20-14-26-8-9-27-20/h1-7,10-11,19-20,26-27H,8-9,12,14H2. The van der Waals surface area contributed by atoms with Gasteiger partial charge in [0.1, 0.15) is 11.5 Å². The topological polar surface area (TPSA) is 64.0 Å². The van der Waals surface area contributed by atoms with E-state index in [0.717, 1.165) is 19.6 Å². The molecule has 2 atom stereocenters. The van der Waals surface area contributed by atoms with Gasteiger partial charge in [0.05, 0.1) is 23.8 Å². The second kappa shape index (κ2) is 8.52. The Morgan fingerprint density at radius 2 is 2.07 bits per heavy atom. The second-order valence-electron chi connectivity index (χ2n) is 7.06. The number of allylic oxidation sites excluding steroid dienone is 2. The van der Waals surface area contributed by atoms with E-state index in [1.165, 1.54) is 18.2 Å². The van der Waals surface area contributed by atoms with E-state index in [2.05, 4.69) is 15.6 Å². The molecule has 0 amide bonds. The zero-order valence-corrected chi connectivity index (χ0v) is 15.8. The summed E-state index contributed by atoms with van der Waals surface area (Å²) in [4.78, 5) is 6.36. The van der Waals surface area contributed by atoms with E-state index >= 15 is 4.39 Å². The molecule has 0 radical (unpaired) electrons. The van der Waals surface area contributed by atoms with Crippen LogP contribution in [-0.2, 0) is 6.42 Å². The Bertz CT molecular complexity index is 989. The van der Waals surface area contributed by atoms with E-state index in [1.54, 1.807) is 12.3 Å². The Morgan fingerprint density at radius 1 is 1.17 bits per heavy atom. The SMILES string of the molecule is N#Cc1ccc(Cc2ccnc(C3C=CC=CN3C3CNCCN3)c2F)c(F)c1. The predicted molar refractivity (Wildman–Crippen MR) is 106 cm³/mol. The highest BCUT2D eigenvalue weighted by molar-refractivity contribution is 5.37. The first-order chi connectivity index (χ1) is 14.2. The van der Waals surface area contributed by atoms with Crippen molar-refractivity contribution in [1.82, 2.24) is 20.5 Å². The van der Waals surface area contributed by atoms with Crippen LogP contribution in [0.15, 0.2) is 54.9 Å². The largest absolute Gasteiger partial charge is 0.349 e. The minimum Gasteiger partial charge on any atom is -0.349 e. The molecule has 0 spiro atoms. The van der Waals surface area contributed by atoms with Gasteiger partial charge in [0.2, 0.25) is 0 Å². The predicted octanol–water partition coefficient (Wildman–Crippen LogP) is 2.77. The van der Waals surface area contributed by atoms with E-state index in [9.17, 15) is 4.39 Å². The van der Waals surface area contributed by atoms with Crippen molar-refractivity contribution in [3.63, 3.8) is 0 Å². The van der Waals surface area contributed by atoms with Crippen molar-refractivity contribution in [2.45, 2.75) is 18.6 Å². The Hall–Kier alpha value is -3.08. The van der Waals surface area contributed by atoms with E-state index in [4.69, 9.17) is 5.26 Å². The van der Waals surface area contributed by atoms with E-state index in [-0.39, 0.29) is 24.2 Å². The van der Waals surface area contributed by atoms with Crippen molar-refractivity contribution in [3.8, 4) is 6.07 Å². The number of benzene rings is 1. The highest BCUT2D eigenvalue weighted by Gasteiger charge is 2.29. The van der Waals surface area contributed by atoms with Gasteiger partial charge in [0.25, 0.3) is 0 Å².